The Morgan fingerprint density at radius 1 is 1.41 bits per heavy atom. The Kier molecular flexibility index (Phi) is 4.38. The van der Waals surface area contributed by atoms with Crippen LogP contribution in [-0.4, -0.2) is 22.8 Å². The molecule has 2 rings (SSSR count). The van der Waals surface area contributed by atoms with Crippen LogP contribution in [0.4, 0.5) is 0 Å². The van der Waals surface area contributed by atoms with Crippen LogP contribution < -0.4 is 0 Å². The van der Waals surface area contributed by atoms with Crippen LogP contribution >= 0.6 is 0 Å². The van der Waals surface area contributed by atoms with Crippen molar-refractivity contribution in [2.45, 2.75) is 26.3 Å². The minimum Gasteiger partial charge on any atom is -0.461 e. The zero-order valence-electron chi connectivity index (χ0n) is 10.1. The van der Waals surface area contributed by atoms with Crippen molar-refractivity contribution in [1.82, 2.24) is 9.55 Å². The van der Waals surface area contributed by atoms with Crippen molar-refractivity contribution >= 4 is 0 Å². The Morgan fingerprint density at radius 3 is 3.12 bits per heavy atom. The van der Waals surface area contributed by atoms with E-state index in [1.807, 2.05) is 18.3 Å². The van der Waals surface area contributed by atoms with Crippen LogP contribution in [0.1, 0.15) is 19.8 Å². The van der Waals surface area contributed by atoms with Crippen molar-refractivity contribution < 1.29 is 9.15 Å². The van der Waals surface area contributed by atoms with E-state index in [0.29, 0.717) is 0 Å². The van der Waals surface area contributed by atoms with Crippen LogP contribution in [0.15, 0.2) is 35.2 Å². The predicted molar refractivity (Wildman–Crippen MR) is 65.7 cm³/mol. The largest absolute Gasteiger partial charge is 0.461 e. The lowest BCUT2D eigenvalue weighted by molar-refractivity contribution is 0.129. The topological polar surface area (TPSA) is 40.2 Å². The van der Waals surface area contributed by atoms with Crippen molar-refractivity contribution in [3.8, 4) is 11.6 Å². The highest BCUT2D eigenvalue weighted by Crippen LogP contribution is 2.17. The Bertz CT molecular complexity index is 420. The maximum absolute atomic E-state index is 5.45. The first kappa shape index (κ1) is 11.9. The standard InChI is InChI=1S/C13H18N2O2/c1-2-9-16-10-4-7-15-8-6-14-13(15)12-5-3-11-17-12/h3,5-6,8,11H,2,4,7,9-10H2,1H3. The molecule has 0 bridgehead atoms. The SMILES string of the molecule is CCCOCCCn1ccnc1-c1ccco1. The highest BCUT2D eigenvalue weighted by atomic mass is 16.5. The van der Waals surface area contributed by atoms with E-state index in [-0.39, 0.29) is 0 Å². The first-order valence-corrected chi connectivity index (χ1v) is 6.04. The Balaban J connectivity index is 1.87. The van der Waals surface area contributed by atoms with Gasteiger partial charge in [0.05, 0.1) is 6.26 Å². The number of imidazole rings is 1. The van der Waals surface area contributed by atoms with Gasteiger partial charge in [-0.15, -0.1) is 0 Å². The number of rotatable bonds is 7. The summed E-state index contributed by atoms with van der Waals surface area (Å²) in [5.74, 6) is 1.69. The van der Waals surface area contributed by atoms with E-state index < -0.39 is 0 Å². The minimum absolute atomic E-state index is 0.795. The van der Waals surface area contributed by atoms with Crippen LogP contribution in [-0.2, 0) is 11.3 Å². The van der Waals surface area contributed by atoms with Crippen molar-refractivity contribution in [3.05, 3.63) is 30.8 Å². The summed E-state index contributed by atoms with van der Waals surface area (Å²) in [7, 11) is 0. The molecule has 0 spiro atoms. The molecule has 0 N–H and O–H groups in total. The summed E-state index contributed by atoms with van der Waals surface area (Å²) in [4.78, 5) is 4.30. The van der Waals surface area contributed by atoms with Crippen LogP contribution in [0, 0.1) is 0 Å². The third-order valence-corrected chi connectivity index (χ3v) is 2.49. The normalized spacial score (nSPS) is 10.9. The molecule has 0 aromatic carbocycles. The van der Waals surface area contributed by atoms with Crippen molar-refractivity contribution in [3.63, 3.8) is 0 Å². The molecule has 4 heteroatoms. The third-order valence-electron chi connectivity index (χ3n) is 2.49. The van der Waals surface area contributed by atoms with E-state index >= 15 is 0 Å². The van der Waals surface area contributed by atoms with Crippen molar-refractivity contribution in [2.75, 3.05) is 13.2 Å². The summed E-state index contributed by atoms with van der Waals surface area (Å²) >= 11 is 0. The highest BCUT2D eigenvalue weighted by molar-refractivity contribution is 5.46. The Hall–Kier alpha value is -1.55. The molecule has 0 aliphatic carbocycles. The zero-order valence-corrected chi connectivity index (χ0v) is 10.1. The predicted octanol–water partition coefficient (Wildman–Crippen LogP) is 2.96. The number of aromatic nitrogens is 2. The third kappa shape index (κ3) is 3.20. The molecular weight excluding hydrogens is 216 g/mol. The number of aryl methyl sites for hydroxylation is 1. The number of furan rings is 1. The van der Waals surface area contributed by atoms with Gasteiger partial charge < -0.3 is 13.7 Å². The molecular formula is C13H18N2O2. The second-order valence-electron chi connectivity index (χ2n) is 3.89. The fourth-order valence-corrected chi connectivity index (χ4v) is 1.70. The molecule has 0 unspecified atom stereocenters. The van der Waals surface area contributed by atoms with Crippen LogP contribution in [0.2, 0.25) is 0 Å². The number of ether oxygens (including phenoxy) is 1. The van der Waals surface area contributed by atoms with E-state index in [2.05, 4.69) is 16.5 Å². The molecule has 2 aromatic heterocycles. The van der Waals surface area contributed by atoms with E-state index in [9.17, 15) is 0 Å². The molecule has 0 saturated heterocycles. The van der Waals surface area contributed by atoms with Gasteiger partial charge in [0.25, 0.3) is 0 Å². The van der Waals surface area contributed by atoms with Gasteiger partial charge in [0.15, 0.2) is 11.6 Å². The summed E-state index contributed by atoms with van der Waals surface area (Å²) < 4.78 is 12.9. The molecule has 0 aliphatic heterocycles. The van der Waals surface area contributed by atoms with Gasteiger partial charge in [0, 0.05) is 32.2 Å². The molecule has 4 nitrogen and oxygen atoms in total. The lowest BCUT2D eigenvalue weighted by Crippen LogP contribution is -2.03. The minimum atomic E-state index is 0.795. The fourth-order valence-electron chi connectivity index (χ4n) is 1.70. The number of hydrogen-bond donors (Lipinski definition) is 0. The van der Waals surface area contributed by atoms with E-state index in [1.54, 1.807) is 12.5 Å². The van der Waals surface area contributed by atoms with Crippen molar-refractivity contribution in [1.29, 1.82) is 0 Å². The van der Waals surface area contributed by atoms with Gasteiger partial charge in [0.2, 0.25) is 0 Å². The zero-order chi connectivity index (χ0) is 11.9. The average molecular weight is 234 g/mol. The highest BCUT2D eigenvalue weighted by Gasteiger charge is 2.07. The fraction of sp³-hybridized carbons (Fsp3) is 0.462. The molecule has 2 heterocycles. The maximum atomic E-state index is 5.45. The van der Waals surface area contributed by atoms with E-state index in [0.717, 1.165) is 44.2 Å². The smallest absolute Gasteiger partial charge is 0.176 e. The lowest BCUT2D eigenvalue weighted by atomic mass is 10.4. The number of hydrogen-bond acceptors (Lipinski definition) is 3. The van der Waals surface area contributed by atoms with Crippen LogP contribution in [0.3, 0.4) is 0 Å². The van der Waals surface area contributed by atoms with Gasteiger partial charge in [0.1, 0.15) is 0 Å². The lowest BCUT2D eigenvalue weighted by Gasteiger charge is -2.06. The summed E-state index contributed by atoms with van der Waals surface area (Å²) in [6.07, 6.45) is 7.49. The summed E-state index contributed by atoms with van der Waals surface area (Å²) in [6, 6.07) is 3.80. The summed E-state index contributed by atoms with van der Waals surface area (Å²) in [6.45, 7) is 4.66. The second kappa shape index (κ2) is 6.25. The summed E-state index contributed by atoms with van der Waals surface area (Å²) in [5.41, 5.74) is 0. The first-order valence-electron chi connectivity index (χ1n) is 6.04. The molecule has 0 saturated carbocycles. The summed E-state index contributed by atoms with van der Waals surface area (Å²) in [5, 5.41) is 0. The molecule has 0 fully saturated rings. The van der Waals surface area contributed by atoms with E-state index in [1.165, 1.54) is 0 Å². The van der Waals surface area contributed by atoms with Gasteiger partial charge in [-0.3, -0.25) is 0 Å². The Labute approximate surface area is 101 Å². The van der Waals surface area contributed by atoms with E-state index in [4.69, 9.17) is 9.15 Å². The molecule has 2 aromatic rings. The van der Waals surface area contributed by atoms with Gasteiger partial charge in [-0.05, 0) is 25.0 Å². The quantitative estimate of drug-likeness (QED) is 0.691. The maximum Gasteiger partial charge on any atom is 0.176 e. The Morgan fingerprint density at radius 2 is 2.35 bits per heavy atom. The molecule has 17 heavy (non-hydrogen) atoms. The van der Waals surface area contributed by atoms with Gasteiger partial charge in [-0.25, -0.2) is 4.98 Å². The molecule has 0 atom stereocenters. The average Bonchev–Trinajstić information content (AvgIpc) is 2.98. The van der Waals surface area contributed by atoms with Crippen molar-refractivity contribution in [2.24, 2.45) is 0 Å². The molecule has 92 valence electrons. The van der Waals surface area contributed by atoms with Gasteiger partial charge in [-0.1, -0.05) is 6.92 Å². The van der Waals surface area contributed by atoms with Gasteiger partial charge >= 0.3 is 0 Å². The molecule has 0 aliphatic rings. The molecule has 0 amide bonds. The monoisotopic (exact) mass is 234 g/mol. The van der Waals surface area contributed by atoms with Gasteiger partial charge in [-0.2, -0.15) is 0 Å². The molecule has 0 radical (unpaired) electrons. The second-order valence-corrected chi connectivity index (χ2v) is 3.89. The van der Waals surface area contributed by atoms with Crippen LogP contribution in [0.25, 0.3) is 11.6 Å². The van der Waals surface area contributed by atoms with Crippen LogP contribution in [0.5, 0.6) is 0 Å². The number of nitrogens with zero attached hydrogens (tertiary/aromatic N) is 2. The first-order chi connectivity index (χ1) is 8.42.